The minimum atomic E-state index is -0.764. The summed E-state index contributed by atoms with van der Waals surface area (Å²) in [6.45, 7) is 2.02. The smallest absolute Gasteiger partial charge is 0.338 e. The second kappa shape index (κ2) is 10.5. The number of phenols is 1. The van der Waals surface area contributed by atoms with Crippen LogP contribution in [0.15, 0.2) is 63.5 Å². The van der Waals surface area contributed by atoms with Gasteiger partial charge in [-0.2, -0.15) is 0 Å². The molecule has 0 bridgehead atoms. The van der Waals surface area contributed by atoms with E-state index in [1.165, 1.54) is 18.8 Å². The van der Waals surface area contributed by atoms with E-state index in [1.54, 1.807) is 55.5 Å². The third kappa shape index (κ3) is 4.88. The maximum atomic E-state index is 13.6. The normalized spacial score (nSPS) is 15.5. The van der Waals surface area contributed by atoms with Gasteiger partial charge in [0.1, 0.15) is 6.61 Å². The third-order valence-corrected chi connectivity index (χ3v) is 6.72. The van der Waals surface area contributed by atoms with Gasteiger partial charge in [0.15, 0.2) is 16.3 Å². The lowest BCUT2D eigenvalue weighted by atomic mass is 9.96. The first kappa shape index (κ1) is 24.7. The van der Waals surface area contributed by atoms with Gasteiger partial charge in [0, 0.05) is 17.7 Å². The Balaban J connectivity index is 1.90. The number of benzene rings is 2. The average molecular weight is 515 g/mol. The first-order valence-electron chi connectivity index (χ1n) is 10.7. The SMILES string of the molecule is COCCOC(=O)C1=C(C)N=c2sc(=Cc3cccc(OC)c3O)c(=O)n2C1c1ccc(Cl)cc1. The summed E-state index contributed by atoms with van der Waals surface area (Å²) < 4.78 is 17.3. The summed E-state index contributed by atoms with van der Waals surface area (Å²) in [6.07, 6.45) is 1.58. The van der Waals surface area contributed by atoms with E-state index in [0.29, 0.717) is 36.9 Å². The predicted octanol–water partition coefficient (Wildman–Crippen LogP) is 2.79. The van der Waals surface area contributed by atoms with Gasteiger partial charge < -0.3 is 19.3 Å². The van der Waals surface area contributed by atoms with Crippen LogP contribution in [-0.4, -0.2) is 43.1 Å². The molecule has 1 atom stereocenters. The second-order valence-corrected chi connectivity index (χ2v) is 9.11. The van der Waals surface area contributed by atoms with E-state index in [-0.39, 0.29) is 30.1 Å². The number of nitrogens with zero attached hydrogens (tertiary/aromatic N) is 2. The fourth-order valence-electron chi connectivity index (χ4n) is 3.80. The molecular weight excluding hydrogens is 492 g/mol. The van der Waals surface area contributed by atoms with Gasteiger partial charge in [0.05, 0.1) is 35.6 Å². The Kier molecular flexibility index (Phi) is 7.39. The van der Waals surface area contributed by atoms with Crippen molar-refractivity contribution in [1.29, 1.82) is 0 Å². The van der Waals surface area contributed by atoms with Crippen molar-refractivity contribution in [3.05, 3.63) is 89.6 Å². The number of rotatable bonds is 7. The molecule has 10 heteroatoms. The molecule has 0 aliphatic carbocycles. The van der Waals surface area contributed by atoms with Crippen LogP contribution in [0.3, 0.4) is 0 Å². The molecule has 0 amide bonds. The zero-order chi connectivity index (χ0) is 25.1. The second-order valence-electron chi connectivity index (χ2n) is 7.66. The molecule has 1 aliphatic heterocycles. The number of hydrogen-bond acceptors (Lipinski definition) is 8. The van der Waals surface area contributed by atoms with Crippen LogP contribution in [0.25, 0.3) is 6.08 Å². The highest BCUT2D eigenvalue weighted by molar-refractivity contribution is 7.07. The number of para-hydroxylation sites is 1. The van der Waals surface area contributed by atoms with Crippen molar-refractivity contribution in [2.45, 2.75) is 13.0 Å². The molecule has 0 saturated heterocycles. The molecule has 3 aromatic rings. The van der Waals surface area contributed by atoms with E-state index in [0.717, 1.165) is 11.3 Å². The fourth-order valence-corrected chi connectivity index (χ4v) is 4.96. The van der Waals surface area contributed by atoms with Gasteiger partial charge >= 0.3 is 5.97 Å². The van der Waals surface area contributed by atoms with E-state index in [2.05, 4.69) is 4.99 Å². The zero-order valence-electron chi connectivity index (χ0n) is 19.3. The Morgan fingerprint density at radius 3 is 2.63 bits per heavy atom. The molecule has 1 aliphatic rings. The predicted molar refractivity (Wildman–Crippen MR) is 133 cm³/mol. The van der Waals surface area contributed by atoms with Crippen molar-refractivity contribution in [3.8, 4) is 11.5 Å². The number of allylic oxidation sites excluding steroid dienone is 1. The van der Waals surface area contributed by atoms with Crippen LogP contribution in [0.5, 0.6) is 11.5 Å². The number of carbonyl (C=O) groups is 1. The summed E-state index contributed by atoms with van der Waals surface area (Å²) in [5.41, 5.74) is 1.45. The first-order chi connectivity index (χ1) is 16.8. The maximum absolute atomic E-state index is 13.6. The molecule has 0 fully saturated rings. The third-order valence-electron chi connectivity index (χ3n) is 5.48. The molecule has 0 radical (unpaired) electrons. The van der Waals surface area contributed by atoms with Crippen molar-refractivity contribution >= 4 is 35.0 Å². The largest absolute Gasteiger partial charge is 0.504 e. The Bertz CT molecular complexity index is 1470. The van der Waals surface area contributed by atoms with E-state index in [4.69, 9.17) is 25.8 Å². The number of esters is 1. The van der Waals surface area contributed by atoms with Gasteiger partial charge in [-0.3, -0.25) is 9.36 Å². The average Bonchev–Trinajstić information content (AvgIpc) is 3.14. The molecule has 8 nitrogen and oxygen atoms in total. The summed E-state index contributed by atoms with van der Waals surface area (Å²) in [7, 11) is 2.97. The van der Waals surface area contributed by atoms with Gasteiger partial charge in [-0.1, -0.05) is 47.2 Å². The van der Waals surface area contributed by atoms with Gasteiger partial charge in [0.2, 0.25) is 0 Å². The van der Waals surface area contributed by atoms with E-state index < -0.39 is 12.0 Å². The number of aromatic nitrogens is 1. The van der Waals surface area contributed by atoms with Crippen LogP contribution in [0.1, 0.15) is 24.1 Å². The lowest BCUT2D eigenvalue weighted by Crippen LogP contribution is -2.40. The highest BCUT2D eigenvalue weighted by Crippen LogP contribution is 2.32. The summed E-state index contributed by atoms with van der Waals surface area (Å²) in [5, 5.41) is 11.0. The van der Waals surface area contributed by atoms with Crippen LogP contribution in [0, 0.1) is 0 Å². The van der Waals surface area contributed by atoms with Crippen LogP contribution in [-0.2, 0) is 14.3 Å². The molecule has 1 aromatic heterocycles. The minimum absolute atomic E-state index is 0.0684. The van der Waals surface area contributed by atoms with Crippen LogP contribution >= 0.6 is 22.9 Å². The van der Waals surface area contributed by atoms with Gasteiger partial charge in [-0.15, -0.1) is 0 Å². The number of ether oxygens (including phenoxy) is 3. The number of thiazole rings is 1. The molecule has 2 aromatic carbocycles. The van der Waals surface area contributed by atoms with Gasteiger partial charge in [-0.05, 0) is 36.8 Å². The highest BCUT2D eigenvalue weighted by Gasteiger charge is 2.33. The zero-order valence-corrected chi connectivity index (χ0v) is 20.9. The lowest BCUT2D eigenvalue weighted by molar-refractivity contribution is -0.140. The number of hydrogen-bond donors (Lipinski definition) is 1. The van der Waals surface area contributed by atoms with Crippen LogP contribution in [0.2, 0.25) is 5.02 Å². The van der Waals surface area contributed by atoms with Crippen LogP contribution < -0.4 is 19.6 Å². The Morgan fingerprint density at radius 2 is 1.94 bits per heavy atom. The standard InChI is InChI=1S/C25H23ClN2O6S/c1-14-20(24(31)34-12-11-32-2)21(15-7-9-17(26)10-8-15)28-23(30)19(35-25(28)27-14)13-16-5-4-6-18(33-3)22(16)29/h4-10,13,21,29H,11-12H2,1-3H3. The molecule has 2 heterocycles. The van der Waals surface area contributed by atoms with Crippen molar-refractivity contribution in [3.63, 3.8) is 0 Å². The van der Waals surface area contributed by atoms with E-state index in [1.807, 2.05) is 0 Å². The number of methoxy groups -OCH3 is 2. The molecule has 0 spiro atoms. The molecule has 35 heavy (non-hydrogen) atoms. The number of carbonyl (C=O) groups excluding carboxylic acids is 1. The molecule has 0 saturated carbocycles. The Morgan fingerprint density at radius 1 is 1.20 bits per heavy atom. The first-order valence-corrected chi connectivity index (χ1v) is 11.8. The summed E-state index contributed by atoms with van der Waals surface area (Å²) in [6, 6.07) is 11.2. The molecule has 1 unspecified atom stereocenters. The van der Waals surface area contributed by atoms with Crippen molar-refractivity contribution in [1.82, 2.24) is 4.57 Å². The topological polar surface area (TPSA) is 99.4 Å². The number of phenolic OH excluding ortho intramolecular Hbond substituents is 1. The molecule has 1 N–H and O–H groups in total. The molecule has 4 rings (SSSR count). The number of fused-ring (bicyclic) bond motifs is 1. The highest BCUT2D eigenvalue weighted by atomic mass is 35.5. The van der Waals surface area contributed by atoms with Gasteiger partial charge in [0.25, 0.3) is 5.56 Å². The van der Waals surface area contributed by atoms with Crippen molar-refractivity contribution < 1.29 is 24.1 Å². The van der Waals surface area contributed by atoms with Crippen molar-refractivity contribution in [2.24, 2.45) is 4.99 Å². The van der Waals surface area contributed by atoms with E-state index in [9.17, 15) is 14.7 Å². The fraction of sp³-hybridized carbons (Fsp3) is 0.240. The molecular formula is C25H23ClN2O6S. The Labute approximate surface area is 210 Å². The molecule has 182 valence electrons. The summed E-state index contributed by atoms with van der Waals surface area (Å²) in [5.74, 6) is -0.362. The minimum Gasteiger partial charge on any atom is -0.504 e. The number of halogens is 1. The summed E-state index contributed by atoms with van der Waals surface area (Å²) >= 11 is 7.25. The quantitative estimate of drug-likeness (QED) is 0.384. The summed E-state index contributed by atoms with van der Waals surface area (Å²) in [4.78, 5) is 31.7. The number of aromatic hydroxyl groups is 1. The monoisotopic (exact) mass is 514 g/mol. The Hall–Kier alpha value is -3.40. The lowest BCUT2D eigenvalue weighted by Gasteiger charge is -2.24. The van der Waals surface area contributed by atoms with Crippen molar-refractivity contribution in [2.75, 3.05) is 27.4 Å². The van der Waals surface area contributed by atoms with Crippen LogP contribution in [0.4, 0.5) is 0 Å². The van der Waals surface area contributed by atoms with E-state index >= 15 is 0 Å². The maximum Gasteiger partial charge on any atom is 0.338 e. The van der Waals surface area contributed by atoms with Gasteiger partial charge in [-0.25, -0.2) is 9.79 Å².